The molecule has 4 N–H and O–H groups in total. The molecule has 2 amide bonds. The fourth-order valence-electron chi connectivity index (χ4n) is 3.35. The first kappa shape index (κ1) is 22.7. The van der Waals surface area contributed by atoms with Crippen molar-refractivity contribution in [3.63, 3.8) is 0 Å². The average molecular weight is 434 g/mol. The zero-order chi connectivity index (χ0) is 23.4. The lowest BCUT2D eigenvalue weighted by Crippen LogP contribution is -2.19. The Balaban J connectivity index is 1.72. The molecule has 7 heteroatoms. The van der Waals surface area contributed by atoms with Crippen LogP contribution in [0.5, 0.6) is 17.2 Å². The molecule has 0 fully saturated rings. The fraction of sp³-hybridized carbons (Fsp3) is 0.200. The number of hydrogen-bond donors (Lipinski definition) is 4. The van der Waals surface area contributed by atoms with Gasteiger partial charge in [-0.05, 0) is 85.5 Å². The second-order valence-corrected chi connectivity index (χ2v) is 7.88. The van der Waals surface area contributed by atoms with Crippen LogP contribution in [0.2, 0.25) is 0 Å². The van der Waals surface area contributed by atoms with Crippen molar-refractivity contribution < 1.29 is 24.5 Å². The number of benzene rings is 3. The molecule has 0 aliphatic rings. The first-order valence-electron chi connectivity index (χ1n) is 10.2. The van der Waals surface area contributed by atoms with Crippen molar-refractivity contribution in [1.29, 1.82) is 0 Å². The Morgan fingerprint density at radius 3 is 2.03 bits per heavy atom. The highest BCUT2D eigenvalue weighted by Gasteiger charge is 2.13. The topological polar surface area (TPSA) is 108 Å². The molecule has 0 aliphatic heterocycles. The van der Waals surface area contributed by atoms with Crippen molar-refractivity contribution in [3.8, 4) is 17.2 Å². The molecular weight excluding hydrogens is 408 g/mol. The van der Waals surface area contributed by atoms with Gasteiger partial charge in [0.15, 0.2) is 0 Å². The van der Waals surface area contributed by atoms with Gasteiger partial charge >= 0.3 is 12.0 Å². The smallest absolute Gasteiger partial charge is 0.335 e. The van der Waals surface area contributed by atoms with Crippen LogP contribution in [0.15, 0.2) is 54.6 Å². The highest BCUT2D eigenvalue weighted by atomic mass is 16.5. The molecule has 0 atom stereocenters. The van der Waals surface area contributed by atoms with Crippen molar-refractivity contribution in [2.75, 3.05) is 10.6 Å². The summed E-state index contributed by atoms with van der Waals surface area (Å²) < 4.78 is 6.08. The Morgan fingerprint density at radius 1 is 0.875 bits per heavy atom. The van der Waals surface area contributed by atoms with E-state index in [1.165, 1.54) is 24.3 Å². The van der Waals surface area contributed by atoms with E-state index in [0.717, 1.165) is 16.7 Å². The number of aromatic hydroxyl groups is 1. The minimum Gasteiger partial charge on any atom is -0.508 e. The Hall–Kier alpha value is -4.00. The summed E-state index contributed by atoms with van der Waals surface area (Å²) in [4.78, 5) is 23.3. The number of rotatable bonds is 6. The number of carbonyl (C=O) groups is 2. The molecule has 0 aliphatic carbocycles. The van der Waals surface area contributed by atoms with E-state index >= 15 is 0 Å². The van der Waals surface area contributed by atoms with E-state index in [2.05, 4.69) is 10.6 Å². The van der Waals surface area contributed by atoms with Crippen molar-refractivity contribution in [2.45, 2.75) is 33.6 Å². The Bertz CT molecular complexity index is 1130. The maximum absolute atomic E-state index is 12.3. The Kier molecular flexibility index (Phi) is 6.68. The van der Waals surface area contributed by atoms with Gasteiger partial charge in [-0.3, -0.25) is 0 Å². The maximum atomic E-state index is 12.3. The molecule has 0 bridgehead atoms. The summed E-state index contributed by atoms with van der Waals surface area (Å²) in [5.41, 5.74) is 3.71. The number of hydrogen-bond acceptors (Lipinski definition) is 4. The van der Waals surface area contributed by atoms with Crippen LogP contribution >= 0.6 is 0 Å². The van der Waals surface area contributed by atoms with Crippen molar-refractivity contribution in [2.24, 2.45) is 0 Å². The predicted octanol–water partition coefficient (Wildman–Crippen LogP) is 6.27. The van der Waals surface area contributed by atoms with Crippen molar-refractivity contribution in [3.05, 3.63) is 76.9 Å². The number of anilines is 2. The van der Waals surface area contributed by atoms with E-state index in [-0.39, 0.29) is 17.2 Å². The van der Waals surface area contributed by atoms with Gasteiger partial charge in [0.05, 0.1) is 5.56 Å². The summed E-state index contributed by atoms with van der Waals surface area (Å²) in [6, 6.07) is 14.2. The number of urea groups is 1. The molecule has 0 spiro atoms. The summed E-state index contributed by atoms with van der Waals surface area (Å²) in [6.45, 7) is 7.78. The van der Waals surface area contributed by atoms with Crippen LogP contribution in [0, 0.1) is 13.8 Å². The Morgan fingerprint density at radius 2 is 1.47 bits per heavy atom. The van der Waals surface area contributed by atoms with Gasteiger partial charge < -0.3 is 25.6 Å². The molecule has 32 heavy (non-hydrogen) atoms. The number of amides is 2. The van der Waals surface area contributed by atoms with E-state index in [4.69, 9.17) is 9.84 Å². The largest absolute Gasteiger partial charge is 0.508 e. The highest BCUT2D eigenvalue weighted by Crippen LogP contribution is 2.35. The molecule has 0 heterocycles. The van der Waals surface area contributed by atoms with Gasteiger partial charge in [-0.2, -0.15) is 0 Å². The zero-order valence-corrected chi connectivity index (χ0v) is 18.4. The van der Waals surface area contributed by atoms with Gasteiger partial charge in [-0.15, -0.1) is 0 Å². The zero-order valence-electron chi connectivity index (χ0n) is 18.4. The van der Waals surface area contributed by atoms with Crippen LogP contribution in [0.1, 0.15) is 46.8 Å². The van der Waals surface area contributed by atoms with E-state index < -0.39 is 12.0 Å². The first-order valence-corrected chi connectivity index (χ1v) is 10.2. The number of phenols is 1. The molecule has 7 nitrogen and oxygen atoms in total. The van der Waals surface area contributed by atoms with E-state index in [9.17, 15) is 14.7 Å². The van der Waals surface area contributed by atoms with E-state index in [1.54, 1.807) is 24.3 Å². The molecule has 0 aromatic heterocycles. The minimum absolute atomic E-state index is 0.145. The van der Waals surface area contributed by atoms with Crippen LogP contribution in [0.4, 0.5) is 16.2 Å². The Labute approximate surface area is 186 Å². The fourth-order valence-corrected chi connectivity index (χ4v) is 3.35. The van der Waals surface area contributed by atoms with Crippen molar-refractivity contribution >= 4 is 23.4 Å². The summed E-state index contributed by atoms with van der Waals surface area (Å²) in [5, 5.41) is 24.4. The van der Waals surface area contributed by atoms with Gasteiger partial charge in [0.2, 0.25) is 0 Å². The SMILES string of the molecule is Cc1cc(NC(=O)Nc2ccc(C(=O)O)cc2)cc(C)c1Oc1ccc(O)c(C(C)C)c1. The molecule has 0 saturated carbocycles. The van der Waals surface area contributed by atoms with Crippen LogP contribution < -0.4 is 15.4 Å². The molecule has 0 radical (unpaired) electrons. The second kappa shape index (κ2) is 9.43. The summed E-state index contributed by atoms with van der Waals surface area (Å²) >= 11 is 0. The van der Waals surface area contributed by atoms with Gasteiger partial charge in [0.1, 0.15) is 17.2 Å². The lowest BCUT2D eigenvalue weighted by atomic mass is 10.0. The molecular formula is C25H26N2O5. The van der Waals surface area contributed by atoms with E-state index in [1.807, 2.05) is 33.8 Å². The number of carboxylic acid groups (broad SMARTS) is 1. The lowest BCUT2D eigenvalue weighted by molar-refractivity contribution is 0.0697. The van der Waals surface area contributed by atoms with Crippen LogP contribution in [-0.4, -0.2) is 22.2 Å². The maximum Gasteiger partial charge on any atom is 0.335 e. The molecule has 0 unspecified atom stereocenters. The van der Waals surface area contributed by atoms with Crippen molar-refractivity contribution in [1.82, 2.24) is 0 Å². The van der Waals surface area contributed by atoms with Gasteiger partial charge in [0.25, 0.3) is 0 Å². The van der Waals surface area contributed by atoms with Crippen LogP contribution in [-0.2, 0) is 0 Å². The number of phenolic OH excluding ortho intramolecular Hbond substituents is 1. The predicted molar refractivity (Wildman–Crippen MR) is 124 cm³/mol. The lowest BCUT2D eigenvalue weighted by Gasteiger charge is -2.16. The summed E-state index contributed by atoms with van der Waals surface area (Å²) in [7, 11) is 0. The normalized spacial score (nSPS) is 10.7. The third-order valence-corrected chi connectivity index (χ3v) is 4.95. The van der Waals surface area contributed by atoms with Gasteiger partial charge in [-0.25, -0.2) is 9.59 Å². The monoisotopic (exact) mass is 434 g/mol. The third kappa shape index (κ3) is 5.37. The number of ether oxygens (including phenoxy) is 1. The average Bonchev–Trinajstić information content (AvgIpc) is 2.72. The molecule has 3 aromatic carbocycles. The van der Waals surface area contributed by atoms with Crippen LogP contribution in [0.3, 0.4) is 0 Å². The van der Waals surface area contributed by atoms with Crippen LogP contribution in [0.25, 0.3) is 0 Å². The molecule has 166 valence electrons. The first-order chi connectivity index (χ1) is 15.1. The number of carboxylic acids is 1. The molecule has 3 rings (SSSR count). The number of aryl methyl sites for hydroxylation is 2. The second-order valence-electron chi connectivity index (χ2n) is 7.88. The standard InChI is InChI=1S/C25H26N2O5/c1-14(2)21-13-20(9-10-22(21)28)32-23-15(3)11-19(12-16(23)4)27-25(31)26-18-7-5-17(6-8-18)24(29)30/h5-14,28H,1-4H3,(H,29,30)(H2,26,27,31). The summed E-state index contributed by atoms with van der Waals surface area (Å²) in [6.07, 6.45) is 0. The number of carbonyl (C=O) groups excluding carboxylic acids is 1. The molecule has 0 saturated heterocycles. The van der Waals surface area contributed by atoms with E-state index in [0.29, 0.717) is 22.9 Å². The third-order valence-electron chi connectivity index (χ3n) is 4.95. The summed E-state index contributed by atoms with van der Waals surface area (Å²) in [5.74, 6) is 0.679. The minimum atomic E-state index is -1.03. The molecule has 3 aromatic rings. The number of aromatic carboxylic acids is 1. The number of nitrogens with one attached hydrogen (secondary N) is 2. The highest BCUT2D eigenvalue weighted by molar-refractivity contribution is 6.00. The quantitative estimate of drug-likeness (QED) is 0.366. The van der Waals surface area contributed by atoms with Gasteiger partial charge in [0, 0.05) is 16.9 Å². The van der Waals surface area contributed by atoms with Gasteiger partial charge in [-0.1, -0.05) is 13.8 Å².